The van der Waals surface area contributed by atoms with Crippen LogP contribution in [0.5, 0.6) is 0 Å². The fourth-order valence-electron chi connectivity index (χ4n) is 4.48. The number of hydrogen-bond donors (Lipinski definition) is 1. The Morgan fingerprint density at radius 1 is 1.17 bits per heavy atom. The number of carbonyl (C=O) groups is 1. The highest BCUT2D eigenvalue weighted by molar-refractivity contribution is 5.66. The zero-order valence-corrected chi connectivity index (χ0v) is 16.8. The van der Waals surface area contributed by atoms with Crippen molar-refractivity contribution in [2.75, 3.05) is 13.6 Å². The number of likely N-dealkylation sites (tertiary alicyclic amines) is 1. The zero-order chi connectivity index (χ0) is 18.2. The van der Waals surface area contributed by atoms with E-state index in [0.717, 1.165) is 24.7 Å². The molecule has 1 heterocycles. The number of rotatable bonds is 11. The van der Waals surface area contributed by atoms with E-state index in [-0.39, 0.29) is 5.54 Å². The molecule has 1 saturated heterocycles. The SMILES string of the molecule is CCCCCCC(CCCCC(=O)O)C1CCN(C)C(C)(C)C1C. The fourth-order valence-corrected chi connectivity index (χ4v) is 4.48. The lowest BCUT2D eigenvalue weighted by Crippen LogP contribution is -2.54. The normalized spacial score (nSPS) is 25.5. The monoisotopic (exact) mass is 339 g/mol. The van der Waals surface area contributed by atoms with Gasteiger partial charge in [-0.2, -0.15) is 0 Å². The molecule has 24 heavy (non-hydrogen) atoms. The van der Waals surface area contributed by atoms with Crippen molar-refractivity contribution in [1.29, 1.82) is 0 Å². The fraction of sp³-hybridized carbons (Fsp3) is 0.952. The van der Waals surface area contributed by atoms with E-state index in [2.05, 4.69) is 39.6 Å². The van der Waals surface area contributed by atoms with Crippen molar-refractivity contribution in [2.24, 2.45) is 17.8 Å². The van der Waals surface area contributed by atoms with Gasteiger partial charge in [0.2, 0.25) is 0 Å². The molecule has 1 rings (SSSR count). The molecule has 0 aromatic rings. The number of nitrogens with zero attached hydrogens (tertiary/aromatic N) is 1. The molecule has 0 aromatic heterocycles. The van der Waals surface area contributed by atoms with Gasteiger partial charge in [0, 0.05) is 12.0 Å². The van der Waals surface area contributed by atoms with Gasteiger partial charge in [-0.25, -0.2) is 0 Å². The van der Waals surface area contributed by atoms with Crippen LogP contribution in [0.1, 0.15) is 91.9 Å². The van der Waals surface area contributed by atoms with Crippen LogP contribution in [0.3, 0.4) is 0 Å². The second-order valence-corrected chi connectivity index (χ2v) is 8.57. The summed E-state index contributed by atoms with van der Waals surface area (Å²) in [5.41, 5.74) is 0.269. The number of aliphatic carboxylic acids is 1. The first-order valence-electron chi connectivity index (χ1n) is 10.2. The minimum absolute atomic E-state index is 0.269. The van der Waals surface area contributed by atoms with Gasteiger partial charge in [-0.1, -0.05) is 58.8 Å². The predicted octanol–water partition coefficient (Wildman–Crippen LogP) is 5.58. The topological polar surface area (TPSA) is 40.5 Å². The summed E-state index contributed by atoms with van der Waals surface area (Å²) in [5, 5.41) is 8.86. The second kappa shape index (κ2) is 10.4. The maximum Gasteiger partial charge on any atom is 0.303 e. The minimum atomic E-state index is -0.650. The highest BCUT2D eigenvalue weighted by Gasteiger charge is 2.41. The number of unbranched alkanes of at least 4 members (excludes halogenated alkanes) is 4. The average molecular weight is 340 g/mol. The summed E-state index contributed by atoms with van der Waals surface area (Å²) in [7, 11) is 2.26. The van der Waals surface area contributed by atoms with E-state index in [0.29, 0.717) is 12.3 Å². The highest BCUT2D eigenvalue weighted by atomic mass is 16.4. The van der Waals surface area contributed by atoms with Crippen molar-refractivity contribution >= 4 is 5.97 Å². The summed E-state index contributed by atoms with van der Waals surface area (Å²) in [4.78, 5) is 13.3. The molecule has 142 valence electrons. The number of carboxylic acids is 1. The Bertz CT molecular complexity index is 367. The maximum absolute atomic E-state index is 10.8. The van der Waals surface area contributed by atoms with E-state index in [1.54, 1.807) is 0 Å². The van der Waals surface area contributed by atoms with Crippen LogP contribution in [0.2, 0.25) is 0 Å². The summed E-state index contributed by atoms with van der Waals surface area (Å²) in [5.74, 6) is 1.62. The van der Waals surface area contributed by atoms with Gasteiger partial charge >= 0.3 is 5.97 Å². The van der Waals surface area contributed by atoms with Gasteiger partial charge < -0.3 is 10.0 Å². The molecular weight excluding hydrogens is 298 g/mol. The van der Waals surface area contributed by atoms with Gasteiger partial charge in [-0.05, 0) is 58.0 Å². The molecule has 3 heteroatoms. The van der Waals surface area contributed by atoms with Crippen LogP contribution in [-0.2, 0) is 4.79 Å². The first kappa shape index (κ1) is 21.5. The molecule has 3 unspecified atom stereocenters. The quantitative estimate of drug-likeness (QED) is 0.499. The van der Waals surface area contributed by atoms with Crippen LogP contribution >= 0.6 is 0 Å². The molecule has 1 fully saturated rings. The molecule has 0 saturated carbocycles. The van der Waals surface area contributed by atoms with Crippen LogP contribution in [0.25, 0.3) is 0 Å². The smallest absolute Gasteiger partial charge is 0.303 e. The Labute approximate surface area is 150 Å². The molecule has 0 aromatic carbocycles. The van der Waals surface area contributed by atoms with Crippen molar-refractivity contribution in [3.63, 3.8) is 0 Å². The summed E-state index contributed by atoms with van der Waals surface area (Å²) >= 11 is 0. The van der Waals surface area contributed by atoms with Crippen LogP contribution < -0.4 is 0 Å². The average Bonchev–Trinajstić information content (AvgIpc) is 2.52. The third-order valence-electron chi connectivity index (χ3n) is 6.79. The van der Waals surface area contributed by atoms with Crippen LogP contribution in [0.4, 0.5) is 0 Å². The van der Waals surface area contributed by atoms with Gasteiger partial charge in [0.1, 0.15) is 0 Å². The van der Waals surface area contributed by atoms with E-state index in [1.807, 2.05) is 0 Å². The third kappa shape index (κ3) is 6.38. The summed E-state index contributed by atoms with van der Waals surface area (Å²) in [6.07, 6.45) is 11.4. The molecule has 0 radical (unpaired) electrons. The molecule has 1 N–H and O–H groups in total. The highest BCUT2D eigenvalue weighted by Crippen LogP contribution is 2.43. The molecule has 0 bridgehead atoms. The van der Waals surface area contributed by atoms with E-state index in [1.165, 1.54) is 51.5 Å². The second-order valence-electron chi connectivity index (χ2n) is 8.57. The summed E-state index contributed by atoms with van der Waals surface area (Å²) in [6, 6.07) is 0. The lowest BCUT2D eigenvalue weighted by Gasteiger charge is -2.51. The van der Waals surface area contributed by atoms with Gasteiger partial charge in [0.05, 0.1) is 0 Å². The van der Waals surface area contributed by atoms with Crippen molar-refractivity contribution in [3.8, 4) is 0 Å². The van der Waals surface area contributed by atoms with E-state index >= 15 is 0 Å². The molecule has 0 amide bonds. The van der Waals surface area contributed by atoms with Crippen molar-refractivity contribution < 1.29 is 9.90 Å². The van der Waals surface area contributed by atoms with E-state index < -0.39 is 5.97 Å². The van der Waals surface area contributed by atoms with Gasteiger partial charge in [-0.15, -0.1) is 0 Å². The molecular formula is C21H41NO2. The van der Waals surface area contributed by atoms with Crippen LogP contribution in [0, 0.1) is 17.8 Å². The third-order valence-corrected chi connectivity index (χ3v) is 6.79. The minimum Gasteiger partial charge on any atom is -0.481 e. The van der Waals surface area contributed by atoms with Gasteiger partial charge in [-0.3, -0.25) is 4.79 Å². The Morgan fingerprint density at radius 3 is 2.38 bits per heavy atom. The predicted molar refractivity (Wildman–Crippen MR) is 102 cm³/mol. The first-order valence-corrected chi connectivity index (χ1v) is 10.2. The molecule has 3 atom stereocenters. The number of piperidine rings is 1. The molecule has 1 aliphatic heterocycles. The molecule has 0 spiro atoms. The molecule has 1 aliphatic rings. The summed E-state index contributed by atoms with van der Waals surface area (Å²) < 4.78 is 0. The standard InChI is InChI=1S/C21H41NO2/c1-6-7-8-9-12-18(13-10-11-14-20(23)24)19-15-16-22(5)21(3,4)17(19)2/h17-19H,6-16H2,1-5H3,(H,23,24). The van der Waals surface area contributed by atoms with Crippen LogP contribution in [-0.4, -0.2) is 35.1 Å². The Hall–Kier alpha value is -0.570. The van der Waals surface area contributed by atoms with E-state index in [4.69, 9.17) is 5.11 Å². The van der Waals surface area contributed by atoms with E-state index in [9.17, 15) is 4.79 Å². The van der Waals surface area contributed by atoms with Crippen LogP contribution in [0.15, 0.2) is 0 Å². The first-order chi connectivity index (χ1) is 11.3. The molecule has 0 aliphatic carbocycles. The molecule has 3 nitrogen and oxygen atoms in total. The maximum atomic E-state index is 10.8. The zero-order valence-electron chi connectivity index (χ0n) is 16.8. The number of carboxylic acid groups (broad SMARTS) is 1. The lowest BCUT2D eigenvalue weighted by atomic mass is 9.66. The Morgan fingerprint density at radius 2 is 1.79 bits per heavy atom. The largest absolute Gasteiger partial charge is 0.481 e. The summed E-state index contributed by atoms with van der Waals surface area (Å²) in [6.45, 7) is 10.7. The van der Waals surface area contributed by atoms with Gasteiger partial charge in [0.25, 0.3) is 0 Å². The van der Waals surface area contributed by atoms with Gasteiger partial charge in [0.15, 0.2) is 0 Å². The van der Waals surface area contributed by atoms with Crippen molar-refractivity contribution in [1.82, 2.24) is 4.90 Å². The number of hydrogen-bond acceptors (Lipinski definition) is 2. The Kier molecular flexibility index (Phi) is 9.33. The van der Waals surface area contributed by atoms with Crippen molar-refractivity contribution in [3.05, 3.63) is 0 Å². The van der Waals surface area contributed by atoms with Crippen molar-refractivity contribution in [2.45, 2.75) is 97.4 Å². The lowest BCUT2D eigenvalue weighted by molar-refractivity contribution is -0.137. The Balaban J connectivity index is 2.62.